The molecule has 3 heteroatoms. The second-order valence-corrected chi connectivity index (χ2v) is 5.65. The van der Waals surface area contributed by atoms with Gasteiger partial charge in [0.05, 0.1) is 6.54 Å². The van der Waals surface area contributed by atoms with E-state index < -0.39 is 0 Å². The lowest BCUT2D eigenvalue weighted by Crippen LogP contribution is -2.30. The van der Waals surface area contributed by atoms with Gasteiger partial charge in [-0.2, -0.15) is 0 Å². The molecular formula is C15H20N2O. The van der Waals surface area contributed by atoms with Gasteiger partial charge in [0.1, 0.15) is 5.71 Å². The Balaban J connectivity index is 2.38. The summed E-state index contributed by atoms with van der Waals surface area (Å²) in [5.74, 6) is -0.0673. The van der Waals surface area contributed by atoms with Gasteiger partial charge in [-0.1, -0.05) is 32.9 Å². The van der Waals surface area contributed by atoms with Crippen molar-refractivity contribution in [1.29, 1.82) is 0 Å². The van der Waals surface area contributed by atoms with E-state index in [0.717, 1.165) is 11.1 Å². The molecule has 1 N–H and O–H groups in total. The van der Waals surface area contributed by atoms with Crippen LogP contribution in [0.4, 0.5) is 0 Å². The van der Waals surface area contributed by atoms with Crippen molar-refractivity contribution < 1.29 is 4.79 Å². The standard InChI is InChI=1S/C15H20N2O/c1-5-16-14(18)13-12-8-11(15(2,3)4)7-6-10(12)9-17-13/h6-8H,5,9H2,1-4H3,(H,16,18). The molecule has 0 aromatic heterocycles. The molecule has 0 fully saturated rings. The number of carbonyl (C=O) groups excluding carboxylic acids is 1. The average Bonchev–Trinajstić information content (AvgIpc) is 2.70. The number of nitrogens with one attached hydrogen (secondary N) is 1. The van der Waals surface area contributed by atoms with Crippen LogP contribution in [0, 0.1) is 0 Å². The molecule has 0 spiro atoms. The van der Waals surface area contributed by atoms with Crippen molar-refractivity contribution >= 4 is 11.6 Å². The van der Waals surface area contributed by atoms with E-state index in [-0.39, 0.29) is 11.3 Å². The largest absolute Gasteiger partial charge is 0.351 e. The number of likely N-dealkylation sites (N-methyl/N-ethyl adjacent to an activating group) is 1. The van der Waals surface area contributed by atoms with Crippen LogP contribution in [0.5, 0.6) is 0 Å². The Bertz CT molecular complexity index is 510. The SMILES string of the molecule is CCNC(=O)C1=NCc2ccc(C(C)(C)C)cc21. The zero-order valence-corrected chi connectivity index (χ0v) is 11.5. The summed E-state index contributed by atoms with van der Waals surface area (Å²) in [6, 6.07) is 6.33. The monoisotopic (exact) mass is 244 g/mol. The number of hydrogen-bond donors (Lipinski definition) is 1. The Morgan fingerprint density at radius 3 is 2.72 bits per heavy atom. The highest BCUT2D eigenvalue weighted by atomic mass is 16.1. The van der Waals surface area contributed by atoms with Crippen LogP contribution in [-0.2, 0) is 16.8 Å². The van der Waals surface area contributed by atoms with E-state index in [2.05, 4.69) is 49.3 Å². The molecule has 1 aromatic rings. The third-order valence-corrected chi connectivity index (χ3v) is 3.19. The Morgan fingerprint density at radius 1 is 1.39 bits per heavy atom. The first-order valence-electron chi connectivity index (χ1n) is 6.40. The number of fused-ring (bicyclic) bond motifs is 1. The van der Waals surface area contributed by atoms with E-state index in [1.807, 2.05) is 6.92 Å². The zero-order valence-electron chi connectivity index (χ0n) is 11.5. The van der Waals surface area contributed by atoms with Crippen molar-refractivity contribution in [3.63, 3.8) is 0 Å². The van der Waals surface area contributed by atoms with Crippen molar-refractivity contribution in [3.8, 4) is 0 Å². The summed E-state index contributed by atoms with van der Waals surface area (Å²) in [5.41, 5.74) is 4.04. The Kier molecular flexibility index (Phi) is 3.24. The van der Waals surface area contributed by atoms with E-state index in [1.165, 1.54) is 5.56 Å². The maximum atomic E-state index is 11.9. The van der Waals surface area contributed by atoms with Crippen molar-refractivity contribution in [3.05, 3.63) is 34.9 Å². The number of aliphatic imine (C=N–C) groups is 1. The van der Waals surface area contributed by atoms with Gasteiger partial charge in [-0.25, -0.2) is 0 Å². The molecule has 1 aliphatic heterocycles. The van der Waals surface area contributed by atoms with E-state index in [9.17, 15) is 4.79 Å². The normalized spacial score (nSPS) is 14.1. The summed E-state index contributed by atoms with van der Waals surface area (Å²) >= 11 is 0. The molecule has 0 bridgehead atoms. The minimum absolute atomic E-state index is 0.0673. The smallest absolute Gasteiger partial charge is 0.270 e. The van der Waals surface area contributed by atoms with Crippen LogP contribution < -0.4 is 5.32 Å². The van der Waals surface area contributed by atoms with E-state index in [1.54, 1.807) is 0 Å². The fraction of sp³-hybridized carbons (Fsp3) is 0.467. The number of rotatable bonds is 2. The summed E-state index contributed by atoms with van der Waals surface area (Å²) < 4.78 is 0. The first-order valence-corrected chi connectivity index (χ1v) is 6.40. The van der Waals surface area contributed by atoms with Crippen LogP contribution in [-0.4, -0.2) is 18.2 Å². The van der Waals surface area contributed by atoms with Crippen LogP contribution >= 0.6 is 0 Å². The molecule has 1 aromatic carbocycles. The van der Waals surface area contributed by atoms with Crippen molar-refractivity contribution in [2.75, 3.05) is 6.54 Å². The van der Waals surface area contributed by atoms with Gasteiger partial charge in [-0.15, -0.1) is 0 Å². The Hall–Kier alpha value is -1.64. The van der Waals surface area contributed by atoms with Crippen molar-refractivity contribution in [2.24, 2.45) is 4.99 Å². The molecule has 0 radical (unpaired) electrons. The molecule has 0 aliphatic carbocycles. The summed E-state index contributed by atoms with van der Waals surface area (Å²) in [5, 5.41) is 2.82. The number of benzene rings is 1. The molecular weight excluding hydrogens is 224 g/mol. The average molecular weight is 244 g/mol. The van der Waals surface area contributed by atoms with Crippen LogP contribution in [0.25, 0.3) is 0 Å². The summed E-state index contributed by atoms with van der Waals surface area (Å²) in [6.45, 7) is 9.68. The van der Waals surface area contributed by atoms with Gasteiger partial charge in [0.15, 0.2) is 0 Å². The first kappa shape index (κ1) is 12.8. The lowest BCUT2D eigenvalue weighted by Gasteiger charge is -2.20. The van der Waals surface area contributed by atoms with Crippen LogP contribution in [0.2, 0.25) is 0 Å². The molecule has 96 valence electrons. The molecule has 18 heavy (non-hydrogen) atoms. The van der Waals surface area contributed by atoms with Gasteiger partial charge in [-0.3, -0.25) is 9.79 Å². The molecule has 2 rings (SSSR count). The topological polar surface area (TPSA) is 41.5 Å². The predicted molar refractivity (Wildman–Crippen MR) is 74.1 cm³/mol. The third kappa shape index (κ3) is 2.30. The number of nitrogens with zero attached hydrogens (tertiary/aromatic N) is 1. The Labute approximate surface area is 108 Å². The molecule has 1 heterocycles. The van der Waals surface area contributed by atoms with Crippen LogP contribution in [0.15, 0.2) is 23.2 Å². The van der Waals surface area contributed by atoms with Gasteiger partial charge in [0, 0.05) is 12.1 Å². The maximum absolute atomic E-state index is 11.9. The van der Waals surface area contributed by atoms with E-state index in [0.29, 0.717) is 18.8 Å². The Morgan fingerprint density at radius 2 is 2.11 bits per heavy atom. The highest BCUT2D eigenvalue weighted by molar-refractivity contribution is 6.46. The summed E-state index contributed by atoms with van der Waals surface area (Å²) in [4.78, 5) is 16.3. The van der Waals surface area contributed by atoms with Gasteiger partial charge in [-0.05, 0) is 29.5 Å². The van der Waals surface area contributed by atoms with Gasteiger partial charge in [0.25, 0.3) is 5.91 Å². The molecule has 0 saturated carbocycles. The van der Waals surface area contributed by atoms with E-state index >= 15 is 0 Å². The van der Waals surface area contributed by atoms with Crippen molar-refractivity contribution in [1.82, 2.24) is 5.32 Å². The highest BCUT2D eigenvalue weighted by Gasteiger charge is 2.24. The second-order valence-electron chi connectivity index (χ2n) is 5.65. The van der Waals surface area contributed by atoms with Crippen LogP contribution in [0.1, 0.15) is 44.4 Å². The van der Waals surface area contributed by atoms with Crippen molar-refractivity contribution in [2.45, 2.75) is 39.7 Å². The van der Waals surface area contributed by atoms with E-state index in [4.69, 9.17) is 0 Å². The maximum Gasteiger partial charge on any atom is 0.270 e. The minimum atomic E-state index is -0.0673. The fourth-order valence-electron chi connectivity index (χ4n) is 2.09. The second kappa shape index (κ2) is 4.56. The number of hydrogen-bond acceptors (Lipinski definition) is 2. The van der Waals surface area contributed by atoms with Gasteiger partial charge in [0.2, 0.25) is 0 Å². The minimum Gasteiger partial charge on any atom is -0.351 e. The zero-order chi connectivity index (χ0) is 13.3. The van der Waals surface area contributed by atoms with Gasteiger partial charge < -0.3 is 5.32 Å². The molecule has 0 unspecified atom stereocenters. The summed E-state index contributed by atoms with van der Waals surface area (Å²) in [7, 11) is 0. The first-order chi connectivity index (χ1) is 8.43. The highest BCUT2D eigenvalue weighted by Crippen LogP contribution is 2.27. The fourth-order valence-corrected chi connectivity index (χ4v) is 2.09. The molecule has 3 nitrogen and oxygen atoms in total. The molecule has 0 saturated heterocycles. The molecule has 0 atom stereocenters. The lowest BCUT2D eigenvalue weighted by atomic mass is 9.85. The lowest BCUT2D eigenvalue weighted by molar-refractivity contribution is -0.114. The van der Waals surface area contributed by atoms with Gasteiger partial charge >= 0.3 is 0 Å². The summed E-state index contributed by atoms with van der Waals surface area (Å²) in [6.07, 6.45) is 0. The number of carbonyl (C=O) groups is 1. The number of amides is 1. The molecule has 1 aliphatic rings. The quantitative estimate of drug-likeness (QED) is 0.853. The molecule has 1 amide bonds. The predicted octanol–water partition coefficient (Wildman–Crippen LogP) is 2.42. The van der Waals surface area contributed by atoms with Crippen LogP contribution in [0.3, 0.4) is 0 Å². The third-order valence-electron chi connectivity index (χ3n) is 3.19.